The molecule has 0 fully saturated rings. The van der Waals surface area contributed by atoms with Gasteiger partial charge in [0.2, 0.25) is 10.0 Å². The number of nitrogens with one attached hydrogen (secondary N) is 1. The van der Waals surface area contributed by atoms with Gasteiger partial charge in [0.25, 0.3) is 0 Å². The van der Waals surface area contributed by atoms with Gasteiger partial charge in [-0.1, -0.05) is 28.1 Å². The molecule has 2 aromatic carbocycles. The van der Waals surface area contributed by atoms with Crippen LogP contribution in [0.5, 0.6) is 0 Å². The maximum absolute atomic E-state index is 13.7. The predicted molar refractivity (Wildman–Crippen MR) is 79.2 cm³/mol. The number of halogens is 3. The first-order valence-corrected chi connectivity index (χ1v) is 8.30. The van der Waals surface area contributed by atoms with Crippen LogP contribution in [0.4, 0.5) is 8.78 Å². The Morgan fingerprint density at radius 2 is 1.86 bits per heavy atom. The zero-order valence-electron chi connectivity index (χ0n) is 11.0. The lowest BCUT2D eigenvalue weighted by Crippen LogP contribution is -2.27. The maximum atomic E-state index is 13.7. The second-order valence-corrected chi connectivity index (χ2v) is 7.10. The Hall–Kier alpha value is -1.31. The molecule has 1 atom stereocenters. The lowest BCUT2D eigenvalue weighted by atomic mass is 10.1. The molecule has 1 N–H and O–H groups in total. The van der Waals surface area contributed by atoms with Gasteiger partial charge in [-0.05, 0) is 31.2 Å². The second kappa shape index (κ2) is 6.21. The van der Waals surface area contributed by atoms with E-state index in [4.69, 9.17) is 0 Å². The maximum Gasteiger partial charge on any atom is 0.241 e. The standard InChI is InChI=1S/C14H12BrF2NO2S/c1-9(13-6-5-11(16)8-14(13)17)18-21(19,20)12-4-2-3-10(15)7-12/h2-9,18H,1H3/t9-/m1/s1. The highest BCUT2D eigenvalue weighted by Gasteiger charge is 2.20. The first-order chi connectivity index (χ1) is 9.79. The van der Waals surface area contributed by atoms with Crippen LogP contribution >= 0.6 is 15.9 Å². The van der Waals surface area contributed by atoms with Crippen LogP contribution in [0.3, 0.4) is 0 Å². The highest BCUT2D eigenvalue weighted by molar-refractivity contribution is 9.10. The van der Waals surface area contributed by atoms with Crippen molar-refractivity contribution in [1.82, 2.24) is 4.72 Å². The average Bonchev–Trinajstić information content (AvgIpc) is 2.37. The summed E-state index contributed by atoms with van der Waals surface area (Å²) < 4.78 is 54.0. The normalized spacial score (nSPS) is 13.1. The molecule has 0 saturated carbocycles. The summed E-state index contributed by atoms with van der Waals surface area (Å²) in [6.45, 7) is 1.49. The monoisotopic (exact) mass is 375 g/mol. The summed E-state index contributed by atoms with van der Waals surface area (Å²) in [6, 6.07) is 8.36. The molecule has 0 spiro atoms. The van der Waals surface area contributed by atoms with Gasteiger partial charge in [0.05, 0.1) is 4.90 Å². The van der Waals surface area contributed by atoms with Crippen molar-refractivity contribution in [2.75, 3.05) is 0 Å². The van der Waals surface area contributed by atoms with Gasteiger partial charge in [0.1, 0.15) is 11.6 Å². The van der Waals surface area contributed by atoms with Crippen LogP contribution in [0.1, 0.15) is 18.5 Å². The largest absolute Gasteiger partial charge is 0.241 e. The van der Waals surface area contributed by atoms with E-state index in [2.05, 4.69) is 20.7 Å². The summed E-state index contributed by atoms with van der Waals surface area (Å²) in [7, 11) is -3.80. The predicted octanol–water partition coefficient (Wildman–Crippen LogP) is 3.77. The van der Waals surface area contributed by atoms with E-state index in [1.54, 1.807) is 12.1 Å². The fourth-order valence-corrected chi connectivity index (χ4v) is 3.67. The fourth-order valence-electron chi connectivity index (χ4n) is 1.85. The zero-order chi connectivity index (χ0) is 15.6. The highest BCUT2D eigenvalue weighted by atomic mass is 79.9. The quantitative estimate of drug-likeness (QED) is 0.883. The molecule has 0 aliphatic rings. The highest BCUT2D eigenvalue weighted by Crippen LogP contribution is 2.22. The van der Waals surface area contributed by atoms with Gasteiger partial charge >= 0.3 is 0 Å². The topological polar surface area (TPSA) is 46.2 Å². The number of hydrogen-bond donors (Lipinski definition) is 1. The van der Waals surface area contributed by atoms with Crippen molar-refractivity contribution < 1.29 is 17.2 Å². The number of hydrogen-bond acceptors (Lipinski definition) is 2. The van der Waals surface area contributed by atoms with Crippen LogP contribution in [0, 0.1) is 11.6 Å². The Kier molecular flexibility index (Phi) is 4.75. The summed E-state index contributed by atoms with van der Waals surface area (Å²) in [5, 5.41) is 0. The molecule has 112 valence electrons. The molecule has 0 aliphatic heterocycles. The van der Waals surface area contributed by atoms with E-state index in [-0.39, 0.29) is 10.5 Å². The van der Waals surface area contributed by atoms with E-state index in [0.717, 1.165) is 12.1 Å². The van der Waals surface area contributed by atoms with Gasteiger partial charge < -0.3 is 0 Å². The molecule has 0 radical (unpaired) electrons. The van der Waals surface area contributed by atoms with Crippen molar-refractivity contribution >= 4 is 26.0 Å². The minimum atomic E-state index is -3.80. The summed E-state index contributed by atoms with van der Waals surface area (Å²) >= 11 is 3.19. The van der Waals surface area contributed by atoms with Crippen molar-refractivity contribution in [3.05, 3.63) is 64.1 Å². The Labute approximate surface area is 130 Å². The fraction of sp³-hybridized carbons (Fsp3) is 0.143. The van der Waals surface area contributed by atoms with Crippen LogP contribution in [0.2, 0.25) is 0 Å². The molecule has 0 unspecified atom stereocenters. The van der Waals surface area contributed by atoms with Gasteiger partial charge in [-0.15, -0.1) is 0 Å². The molecule has 0 saturated heterocycles. The van der Waals surface area contributed by atoms with Gasteiger partial charge in [0, 0.05) is 22.1 Å². The van der Waals surface area contributed by atoms with E-state index in [9.17, 15) is 17.2 Å². The van der Waals surface area contributed by atoms with Crippen LogP contribution in [-0.2, 0) is 10.0 Å². The minimum Gasteiger partial charge on any atom is -0.207 e. The molecular weight excluding hydrogens is 364 g/mol. The Balaban J connectivity index is 2.28. The van der Waals surface area contributed by atoms with Crippen molar-refractivity contribution in [3.63, 3.8) is 0 Å². The van der Waals surface area contributed by atoms with E-state index >= 15 is 0 Å². The van der Waals surface area contributed by atoms with Crippen LogP contribution in [0.25, 0.3) is 0 Å². The second-order valence-electron chi connectivity index (χ2n) is 4.47. The van der Waals surface area contributed by atoms with Crippen molar-refractivity contribution in [1.29, 1.82) is 0 Å². The van der Waals surface area contributed by atoms with Crippen molar-refractivity contribution in [3.8, 4) is 0 Å². The first kappa shape index (κ1) is 16.1. The third kappa shape index (κ3) is 3.87. The van der Waals surface area contributed by atoms with Gasteiger partial charge in [-0.25, -0.2) is 21.9 Å². The Bertz CT molecular complexity index is 765. The number of rotatable bonds is 4. The molecule has 0 bridgehead atoms. The molecule has 21 heavy (non-hydrogen) atoms. The molecule has 3 nitrogen and oxygen atoms in total. The lowest BCUT2D eigenvalue weighted by Gasteiger charge is -2.15. The van der Waals surface area contributed by atoms with Gasteiger partial charge in [-0.2, -0.15) is 0 Å². The third-order valence-corrected chi connectivity index (χ3v) is 4.90. The zero-order valence-corrected chi connectivity index (χ0v) is 13.4. The number of sulfonamides is 1. The molecule has 7 heteroatoms. The van der Waals surface area contributed by atoms with E-state index < -0.39 is 27.7 Å². The van der Waals surface area contributed by atoms with Crippen molar-refractivity contribution in [2.45, 2.75) is 17.9 Å². The smallest absolute Gasteiger partial charge is 0.207 e. The molecular formula is C14H12BrF2NO2S. The summed E-state index contributed by atoms with van der Waals surface area (Å²) in [4.78, 5) is 0.0613. The molecule has 0 aliphatic carbocycles. The lowest BCUT2D eigenvalue weighted by molar-refractivity contribution is 0.540. The van der Waals surface area contributed by atoms with Gasteiger partial charge in [-0.3, -0.25) is 0 Å². The minimum absolute atomic E-state index is 0.0613. The SMILES string of the molecule is C[C@@H](NS(=O)(=O)c1cccc(Br)c1)c1ccc(F)cc1F. The van der Waals surface area contributed by atoms with Crippen LogP contribution in [-0.4, -0.2) is 8.42 Å². The van der Waals surface area contributed by atoms with Crippen LogP contribution in [0.15, 0.2) is 51.8 Å². The summed E-state index contributed by atoms with van der Waals surface area (Å²) in [6.07, 6.45) is 0. The van der Waals surface area contributed by atoms with E-state index in [0.29, 0.717) is 4.47 Å². The first-order valence-electron chi connectivity index (χ1n) is 6.02. The summed E-state index contributed by atoms with van der Waals surface area (Å²) in [5.74, 6) is -1.50. The van der Waals surface area contributed by atoms with E-state index in [1.807, 2.05) is 0 Å². The molecule has 0 aromatic heterocycles. The molecule has 0 heterocycles. The molecule has 2 rings (SSSR count). The van der Waals surface area contributed by atoms with Gasteiger partial charge in [0.15, 0.2) is 0 Å². The van der Waals surface area contributed by atoms with E-state index in [1.165, 1.54) is 25.1 Å². The Morgan fingerprint density at radius 1 is 1.14 bits per heavy atom. The summed E-state index contributed by atoms with van der Waals surface area (Å²) in [5.41, 5.74) is 0.0787. The van der Waals surface area contributed by atoms with Crippen molar-refractivity contribution in [2.24, 2.45) is 0 Å². The molecule has 0 amide bonds. The number of benzene rings is 2. The third-order valence-electron chi connectivity index (χ3n) is 2.87. The Morgan fingerprint density at radius 3 is 2.48 bits per heavy atom. The molecule has 2 aromatic rings. The average molecular weight is 376 g/mol. The van der Waals surface area contributed by atoms with Crippen LogP contribution < -0.4 is 4.72 Å².